The smallest absolute Gasteiger partial charge is 0.350 e. The summed E-state index contributed by atoms with van der Waals surface area (Å²) in [6, 6.07) is -0.172. The van der Waals surface area contributed by atoms with Crippen molar-refractivity contribution >= 4 is 39.9 Å². The number of aromatic nitrogens is 3. The van der Waals surface area contributed by atoms with E-state index in [1.165, 1.54) is 17.5 Å². The summed E-state index contributed by atoms with van der Waals surface area (Å²) >= 11 is 7.25. The lowest BCUT2D eigenvalue weighted by molar-refractivity contribution is 0.0204. The third-order valence-electron chi connectivity index (χ3n) is 4.69. The predicted molar refractivity (Wildman–Crippen MR) is 115 cm³/mol. The maximum absolute atomic E-state index is 12.6. The van der Waals surface area contributed by atoms with Crippen LogP contribution in [0.3, 0.4) is 0 Å². The lowest BCUT2D eigenvalue weighted by Gasteiger charge is -2.38. The molecule has 2 atom stereocenters. The number of carbonyl (C=O) groups excluding carboxylic acids is 2. The highest BCUT2D eigenvalue weighted by Gasteiger charge is 2.33. The Balaban J connectivity index is 1.67. The number of nitrogens with one attached hydrogen (secondary N) is 2. The molecule has 3 rings (SSSR count). The van der Waals surface area contributed by atoms with Crippen molar-refractivity contribution in [2.45, 2.75) is 45.8 Å². The van der Waals surface area contributed by atoms with Gasteiger partial charge in [0, 0.05) is 19.7 Å². The third kappa shape index (κ3) is 5.30. The van der Waals surface area contributed by atoms with Crippen LogP contribution in [-0.2, 0) is 9.47 Å². The first-order valence-electron chi connectivity index (χ1n) is 9.95. The molecular formula is C19H26ClN5O4S. The van der Waals surface area contributed by atoms with E-state index in [4.69, 9.17) is 21.1 Å². The molecule has 0 unspecified atom stereocenters. The first-order valence-corrected chi connectivity index (χ1v) is 11.1. The number of imidazole rings is 1. The number of H-pyrrole nitrogens is 1. The maximum atomic E-state index is 12.6. The zero-order valence-corrected chi connectivity index (χ0v) is 18.8. The summed E-state index contributed by atoms with van der Waals surface area (Å²) in [4.78, 5) is 38.4. The number of aromatic amines is 1. The molecule has 0 aliphatic carbocycles. The first-order chi connectivity index (χ1) is 14.4. The lowest BCUT2D eigenvalue weighted by Crippen LogP contribution is -2.55. The van der Waals surface area contributed by atoms with Crippen LogP contribution in [0.15, 0.2) is 6.20 Å². The van der Waals surface area contributed by atoms with Gasteiger partial charge in [0.1, 0.15) is 4.88 Å². The Hall–Kier alpha value is -2.17. The van der Waals surface area contributed by atoms with E-state index in [0.29, 0.717) is 43.3 Å². The molecule has 2 aromatic heterocycles. The number of nitrogens with zero attached hydrogens (tertiary/aromatic N) is 3. The Labute approximate surface area is 184 Å². The Morgan fingerprint density at radius 2 is 2.23 bits per heavy atom. The van der Waals surface area contributed by atoms with E-state index >= 15 is 0 Å². The van der Waals surface area contributed by atoms with Gasteiger partial charge in [0.25, 0.3) is 5.91 Å². The van der Waals surface area contributed by atoms with Gasteiger partial charge in [0.2, 0.25) is 0 Å². The van der Waals surface area contributed by atoms with Gasteiger partial charge in [0.15, 0.2) is 16.1 Å². The second-order valence-electron chi connectivity index (χ2n) is 6.95. The molecule has 1 aliphatic rings. The van der Waals surface area contributed by atoms with E-state index in [0.717, 1.165) is 11.6 Å². The fourth-order valence-electron chi connectivity index (χ4n) is 3.18. The standard InChI is InChI=1S/C19H26ClN5O4S/c1-4-8-29-13-10-25(19-21-9-14(30-19)18(27)28-5-2)7-6-12(13)23-17(26)16-22-11(3)15(20)24-16/h9,12-13H,4-8,10H2,1-3H3,(H,22,24)(H,23,26)/t12-,13+/m1/s1. The van der Waals surface area contributed by atoms with Gasteiger partial charge < -0.3 is 24.7 Å². The number of carbonyl (C=O) groups is 2. The van der Waals surface area contributed by atoms with Gasteiger partial charge in [-0.15, -0.1) is 0 Å². The van der Waals surface area contributed by atoms with Gasteiger partial charge in [0.05, 0.1) is 30.6 Å². The van der Waals surface area contributed by atoms with E-state index in [1.54, 1.807) is 13.8 Å². The Kier molecular flexibility index (Phi) is 7.68. The number of hydrogen-bond donors (Lipinski definition) is 2. The number of amides is 1. The molecule has 0 aromatic carbocycles. The fourth-order valence-corrected chi connectivity index (χ4v) is 4.16. The maximum Gasteiger partial charge on any atom is 0.350 e. The van der Waals surface area contributed by atoms with Crippen LogP contribution in [0.2, 0.25) is 5.15 Å². The highest BCUT2D eigenvalue weighted by atomic mass is 35.5. The summed E-state index contributed by atoms with van der Waals surface area (Å²) in [7, 11) is 0. The third-order valence-corrected chi connectivity index (χ3v) is 6.10. The molecule has 30 heavy (non-hydrogen) atoms. The van der Waals surface area contributed by atoms with Crippen molar-refractivity contribution in [3.8, 4) is 0 Å². The van der Waals surface area contributed by atoms with Gasteiger partial charge in [-0.1, -0.05) is 29.9 Å². The second-order valence-corrected chi connectivity index (χ2v) is 8.32. The van der Waals surface area contributed by atoms with Gasteiger partial charge in [-0.05, 0) is 26.7 Å². The number of piperidine rings is 1. The van der Waals surface area contributed by atoms with Crippen LogP contribution in [0, 0.1) is 6.92 Å². The molecule has 2 N–H and O–H groups in total. The number of ether oxygens (including phenoxy) is 2. The number of aryl methyl sites for hydroxylation is 1. The van der Waals surface area contributed by atoms with E-state index in [9.17, 15) is 9.59 Å². The van der Waals surface area contributed by atoms with Crippen LogP contribution in [0.5, 0.6) is 0 Å². The van der Waals surface area contributed by atoms with Crippen molar-refractivity contribution in [1.82, 2.24) is 20.3 Å². The minimum Gasteiger partial charge on any atom is -0.462 e. The summed E-state index contributed by atoms with van der Waals surface area (Å²) in [5, 5.41) is 4.04. The SMILES string of the molecule is CCCO[C@H]1CN(c2ncc(C(=O)OCC)s2)CC[C@H]1NC(=O)c1nc(Cl)c(C)[nH]1. The second kappa shape index (κ2) is 10.2. The molecule has 1 aliphatic heterocycles. The molecule has 0 radical (unpaired) electrons. The molecule has 2 aromatic rings. The average molecular weight is 456 g/mol. The zero-order chi connectivity index (χ0) is 21.7. The van der Waals surface area contributed by atoms with Crippen LogP contribution in [-0.4, -0.2) is 65.3 Å². The lowest BCUT2D eigenvalue weighted by atomic mass is 10.0. The van der Waals surface area contributed by atoms with Crippen LogP contribution in [0.4, 0.5) is 5.13 Å². The van der Waals surface area contributed by atoms with Crippen LogP contribution in [0.25, 0.3) is 0 Å². The van der Waals surface area contributed by atoms with Crippen LogP contribution >= 0.6 is 22.9 Å². The minimum atomic E-state index is -0.366. The van der Waals surface area contributed by atoms with Gasteiger partial charge >= 0.3 is 5.97 Å². The molecular weight excluding hydrogens is 430 g/mol. The largest absolute Gasteiger partial charge is 0.462 e. The van der Waals surface area contributed by atoms with E-state index in [-0.39, 0.29) is 35.0 Å². The number of halogens is 1. The summed E-state index contributed by atoms with van der Waals surface area (Å²) in [5.41, 5.74) is 0.650. The first kappa shape index (κ1) is 22.5. The number of anilines is 1. The van der Waals surface area contributed by atoms with Crippen LogP contribution < -0.4 is 10.2 Å². The van der Waals surface area contributed by atoms with Crippen molar-refractivity contribution < 1.29 is 19.1 Å². The Morgan fingerprint density at radius 3 is 2.90 bits per heavy atom. The van der Waals surface area contributed by atoms with Gasteiger partial charge in [-0.25, -0.2) is 14.8 Å². The highest BCUT2D eigenvalue weighted by molar-refractivity contribution is 7.17. The highest BCUT2D eigenvalue weighted by Crippen LogP contribution is 2.27. The summed E-state index contributed by atoms with van der Waals surface area (Å²) in [6.45, 7) is 7.70. The normalized spacial score (nSPS) is 19.0. The zero-order valence-electron chi connectivity index (χ0n) is 17.2. The monoisotopic (exact) mass is 455 g/mol. The molecule has 9 nitrogen and oxygen atoms in total. The molecule has 3 heterocycles. The Morgan fingerprint density at radius 1 is 1.43 bits per heavy atom. The number of hydrogen-bond acceptors (Lipinski definition) is 8. The molecule has 1 fully saturated rings. The molecule has 1 amide bonds. The van der Waals surface area contributed by atoms with Crippen molar-refractivity contribution in [2.24, 2.45) is 0 Å². The van der Waals surface area contributed by atoms with Crippen molar-refractivity contribution in [3.05, 3.63) is 27.7 Å². The molecule has 0 bridgehead atoms. The summed E-state index contributed by atoms with van der Waals surface area (Å²) in [6.07, 6.45) is 2.86. The molecule has 164 valence electrons. The summed E-state index contributed by atoms with van der Waals surface area (Å²) in [5.74, 6) is -0.491. The van der Waals surface area contributed by atoms with E-state index in [1.807, 2.05) is 6.92 Å². The quantitative estimate of drug-likeness (QED) is 0.589. The molecule has 1 saturated heterocycles. The molecule has 11 heteroatoms. The number of thiazole rings is 1. The number of esters is 1. The summed E-state index contributed by atoms with van der Waals surface area (Å²) < 4.78 is 11.1. The van der Waals surface area contributed by atoms with Gasteiger partial charge in [-0.3, -0.25) is 4.79 Å². The number of rotatable bonds is 8. The van der Waals surface area contributed by atoms with Crippen LogP contribution in [0.1, 0.15) is 52.7 Å². The fraction of sp³-hybridized carbons (Fsp3) is 0.579. The topological polar surface area (TPSA) is 109 Å². The molecule has 0 saturated carbocycles. The predicted octanol–water partition coefficient (Wildman–Crippen LogP) is 2.81. The van der Waals surface area contributed by atoms with E-state index in [2.05, 4.69) is 25.2 Å². The van der Waals surface area contributed by atoms with Crippen molar-refractivity contribution in [1.29, 1.82) is 0 Å². The molecule has 0 spiro atoms. The van der Waals surface area contributed by atoms with E-state index < -0.39 is 0 Å². The van der Waals surface area contributed by atoms with Crippen molar-refractivity contribution in [2.75, 3.05) is 31.2 Å². The van der Waals surface area contributed by atoms with Crippen molar-refractivity contribution in [3.63, 3.8) is 0 Å². The Bertz CT molecular complexity index is 867. The minimum absolute atomic E-state index is 0.172. The average Bonchev–Trinajstić information content (AvgIpc) is 3.35. The van der Waals surface area contributed by atoms with Gasteiger partial charge in [-0.2, -0.15) is 0 Å².